The molecule has 0 unspecified atom stereocenters. The van der Waals surface area contributed by atoms with E-state index in [0.717, 1.165) is 30.1 Å². The van der Waals surface area contributed by atoms with E-state index in [4.69, 9.17) is 4.74 Å². The van der Waals surface area contributed by atoms with Crippen molar-refractivity contribution in [3.63, 3.8) is 0 Å². The van der Waals surface area contributed by atoms with Crippen molar-refractivity contribution in [3.8, 4) is 5.75 Å². The van der Waals surface area contributed by atoms with Crippen LogP contribution in [-0.4, -0.2) is 64.7 Å². The van der Waals surface area contributed by atoms with Gasteiger partial charge >= 0.3 is 0 Å². The smallest absolute Gasteiger partial charge is 0.246 e. The Morgan fingerprint density at radius 1 is 1.21 bits per heavy atom. The molecule has 1 aliphatic heterocycles. The molecule has 0 fully saturated rings. The monoisotopic (exact) mass is 484 g/mol. The molecule has 0 saturated carbocycles. The minimum Gasteiger partial charge on any atom is -0.497 e. The summed E-state index contributed by atoms with van der Waals surface area (Å²) in [7, 11) is -0.240. The standard InChI is InChI=1S/C25H32N4O4S/c1-18-14-22(33-4)15-19(2)24(18)34(31,32)17-26-11-5-6-23(30)29(3)16-20-7-9-21(10-8-20)25-27-12-13-28-25/h5-10,14-15,26H,11-13,16-17H2,1-4H3,(H,27,28)/b6-5+. The predicted molar refractivity (Wildman–Crippen MR) is 134 cm³/mol. The van der Waals surface area contributed by atoms with Crippen LogP contribution in [0.5, 0.6) is 5.75 Å². The van der Waals surface area contributed by atoms with Crippen LogP contribution < -0.4 is 15.4 Å². The van der Waals surface area contributed by atoms with Crippen LogP contribution in [-0.2, 0) is 21.2 Å². The van der Waals surface area contributed by atoms with Crippen molar-refractivity contribution < 1.29 is 17.9 Å². The van der Waals surface area contributed by atoms with Crippen LogP contribution in [0.2, 0.25) is 0 Å². The minimum atomic E-state index is -3.52. The zero-order valence-electron chi connectivity index (χ0n) is 20.1. The molecule has 8 nitrogen and oxygen atoms in total. The van der Waals surface area contributed by atoms with E-state index in [2.05, 4.69) is 15.6 Å². The second kappa shape index (κ2) is 11.3. The highest BCUT2D eigenvalue weighted by atomic mass is 32.2. The van der Waals surface area contributed by atoms with Crippen molar-refractivity contribution in [3.05, 3.63) is 70.8 Å². The molecule has 34 heavy (non-hydrogen) atoms. The first-order valence-electron chi connectivity index (χ1n) is 11.1. The minimum absolute atomic E-state index is 0.155. The molecule has 1 heterocycles. The Balaban J connectivity index is 1.48. The maximum absolute atomic E-state index is 12.8. The molecule has 2 aromatic rings. The fourth-order valence-electron chi connectivity index (χ4n) is 3.87. The molecular formula is C25H32N4O4S. The molecule has 0 aromatic heterocycles. The molecule has 0 spiro atoms. The average molecular weight is 485 g/mol. The number of likely N-dealkylation sites (N-methyl/N-ethyl adjacent to an activating group) is 1. The summed E-state index contributed by atoms with van der Waals surface area (Å²) in [6.07, 6.45) is 3.09. The predicted octanol–water partition coefficient (Wildman–Crippen LogP) is 2.20. The molecule has 2 aromatic carbocycles. The second-order valence-corrected chi connectivity index (χ2v) is 10.2. The number of rotatable bonds is 10. The van der Waals surface area contributed by atoms with Crippen LogP contribution in [0.1, 0.15) is 22.3 Å². The number of amidine groups is 1. The zero-order valence-corrected chi connectivity index (χ0v) is 20.9. The Hall–Kier alpha value is -3.17. The number of methoxy groups -OCH3 is 1. The lowest BCUT2D eigenvalue weighted by atomic mass is 10.1. The first-order chi connectivity index (χ1) is 16.2. The van der Waals surface area contributed by atoms with Gasteiger partial charge in [0.15, 0.2) is 9.84 Å². The average Bonchev–Trinajstić information content (AvgIpc) is 3.33. The fraction of sp³-hybridized carbons (Fsp3) is 0.360. The molecular weight excluding hydrogens is 452 g/mol. The van der Waals surface area contributed by atoms with Crippen molar-refractivity contribution in [1.82, 2.24) is 15.5 Å². The molecule has 1 amide bonds. The molecule has 1 aliphatic rings. The van der Waals surface area contributed by atoms with Crippen molar-refractivity contribution in [1.29, 1.82) is 0 Å². The van der Waals surface area contributed by atoms with Gasteiger partial charge in [-0.2, -0.15) is 0 Å². The highest BCUT2D eigenvalue weighted by Gasteiger charge is 2.20. The van der Waals surface area contributed by atoms with Gasteiger partial charge in [0.25, 0.3) is 0 Å². The van der Waals surface area contributed by atoms with E-state index in [1.165, 1.54) is 6.08 Å². The van der Waals surface area contributed by atoms with Crippen molar-refractivity contribution in [2.24, 2.45) is 4.99 Å². The lowest BCUT2D eigenvalue weighted by molar-refractivity contribution is -0.125. The summed E-state index contributed by atoms with van der Waals surface area (Å²) in [4.78, 5) is 18.7. The number of nitrogens with zero attached hydrogens (tertiary/aromatic N) is 2. The number of aryl methyl sites for hydroxylation is 2. The molecule has 0 radical (unpaired) electrons. The maximum atomic E-state index is 12.8. The maximum Gasteiger partial charge on any atom is 0.246 e. The lowest BCUT2D eigenvalue weighted by Gasteiger charge is -2.15. The number of amides is 1. The molecule has 2 N–H and O–H groups in total. The number of carbonyl (C=O) groups excluding carboxylic acids is 1. The van der Waals surface area contributed by atoms with Gasteiger partial charge in [-0.05, 0) is 42.7 Å². The highest BCUT2D eigenvalue weighted by Crippen LogP contribution is 2.26. The number of nitrogens with one attached hydrogen (secondary N) is 2. The molecule has 0 bridgehead atoms. The third-order valence-corrected chi connectivity index (χ3v) is 7.34. The van der Waals surface area contributed by atoms with Gasteiger partial charge in [-0.15, -0.1) is 0 Å². The van der Waals surface area contributed by atoms with Crippen LogP contribution in [0.3, 0.4) is 0 Å². The Labute approximate surface area is 201 Å². The number of sulfone groups is 1. The number of hydrogen-bond acceptors (Lipinski definition) is 7. The topological polar surface area (TPSA) is 100 Å². The van der Waals surface area contributed by atoms with Crippen LogP contribution in [0.25, 0.3) is 0 Å². The van der Waals surface area contributed by atoms with E-state index in [1.54, 1.807) is 51.1 Å². The molecule has 182 valence electrons. The van der Waals surface area contributed by atoms with Gasteiger partial charge in [0.1, 0.15) is 17.5 Å². The Morgan fingerprint density at radius 2 is 1.88 bits per heavy atom. The summed E-state index contributed by atoms with van der Waals surface area (Å²) in [5.41, 5.74) is 3.34. The van der Waals surface area contributed by atoms with E-state index in [1.807, 2.05) is 24.3 Å². The fourth-order valence-corrected chi connectivity index (χ4v) is 5.50. The number of hydrogen-bond donors (Lipinski definition) is 2. The highest BCUT2D eigenvalue weighted by molar-refractivity contribution is 7.91. The Morgan fingerprint density at radius 3 is 2.47 bits per heavy atom. The van der Waals surface area contributed by atoms with Gasteiger partial charge < -0.3 is 15.0 Å². The van der Waals surface area contributed by atoms with Crippen molar-refractivity contribution >= 4 is 21.6 Å². The van der Waals surface area contributed by atoms with Crippen molar-refractivity contribution in [2.75, 3.05) is 39.7 Å². The van der Waals surface area contributed by atoms with E-state index in [9.17, 15) is 13.2 Å². The first-order valence-corrected chi connectivity index (χ1v) is 12.7. The number of carbonyl (C=O) groups is 1. The van der Waals surface area contributed by atoms with E-state index in [-0.39, 0.29) is 18.3 Å². The quantitative estimate of drug-likeness (QED) is 0.396. The zero-order chi connectivity index (χ0) is 24.7. The number of ether oxygens (including phenoxy) is 1. The van der Waals surface area contributed by atoms with E-state index < -0.39 is 9.84 Å². The lowest BCUT2D eigenvalue weighted by Crippen LogP contribution is -2.26. The van der Waals surface area contributed by atoms with Gasteiger partial charge in [0.2, 0.25) is 5.91 Å². The van der Waals surface area contributed by atoms with Gasteiger partial charge in [0.05, 0.1) is 18.6 Å². The number of benzene rings is 2. The molecule has 9 heteroatoms. The summed E-state index contributed by atoms with van der Waals surface area (Å²) in [5.74, 6) is 1.16. The summed E-state index contributed by atoms with van der Waals surface area (Å²) >= 11 is 0. The summed E-state index contributed by atoms with van der Waals surface area (Å²) < 4.78 is 30.8. The second-order valence-electron chi connectivity index (χ2n) is 8.25. The Kier molecular flexibility index (Phi) is 8.46. The summed E-state index contributed by atoms with van der Waals surface area (Å²) in [6, 6.07) is 11.4. The first kappa shape index (κ1) is 25.5. The van der Waals surface area contributed by atoms with E-state index >= 15 is 0 Å². The van der Waals surface area contributed by atoms with Gasteiger partial charge in [-0.1, -0.05) is 30.3 Å². The summed E-state index contributed by atoms with van der Waals surface area (Å²) in [5, 5.41) is 6.13. The van der Waals surface area contributed by atoms with Crippen LogP contribution >= 0.6 is 0 Å². The van der Waals surface area contributed by atoms with Crippen LogP contribution in [0, 0.1) is 13.8 Å². The third kappa shape index (κ3) is 6.45. The Bertz CT molecular complexity index is 1160. The largest absolute Gasteiger partial charge is 0.497 e. The molecule has 0 saturated heterocycles. The van der Waals surface area contributed by atoms with E-state index in [0.29, 0.717) is 28.3 Å². The SMILES string of the molecule is COc1cc(C)c(S(=O)(=O)CNC/C=C/C(=O)N(C)Cc2ccc(C3=NCCN3)cc2)c(C)c1. The normalized spacial score (nSPS) is 13.6. The van der Waals surface area contributed by atoms with Gasteiger partial charge in [0, 0.05) is 38.3 Å². The molecule has 3 rings (SSSR count). The molecule has 0 atom stereocenters. The van der Waals surface area contributed by atoms with Crippen LogP contribution in [0.4, 0.5) is 0 Å². The molecule has 0 aliphatic carbocycles. The van der Waals surface area contributed by atoms with Gasteiger partial charge in [-0.3, -0.25) is 15.1 Å². The van der Waals surface area contributed by atoms with Gasteiger partial charge in [-0.25, -0.2) is 8.42 Å². The number of aliphatic imine (C=N–C) groups is 1. The summed E-state index contributed by atoms with van der Waals surface area (Å²) in [6.45, 7) is 5.90. The van der Waals surface area contributed by atoms with Crippen molar-refractivity contribution in [2.45, 2.75) is 25.3 Å². The van der Waals surface area contributed by atoms with Crippen LogP contribution in [0.15, 0.2) is 58.4 Å². The third-order valence-electron chi connectivity index (χ3n) is 5.49.